The van der Waals surface area contributed by atoms with Crippen molar-refractivity contribution in [3.05, 3.63) is 106 Å². The number of alkyl carbamates (subject to hydrolysis) is 1. The Labute approximate surface area is 247 Å². The van der Waals surface area contributed by atoms with Crippen LogP contribution in [0.15, 0.2) is 83.7 Å². The van der Waals surface area contributed by atoms with E-state index in [1.165, 1.54) is 6.07 Å². The van der Waals surface area contributed by atoms with Crippen LogP contribution in [0, 0.1) is 0 Å². The molecule has 42 heavy (non-hydrogen) atoms. The van der Waals surface area contributed by atoms with Crippen LogP contribution >= 0.6 is 0 Å². The molecule has 0 aliphatic heterocycles. The van der Waals surface area contributed by atoms with Crippen LogP contribution in [0.1, 0.15) is 43.6 Å². The average molecular weight is 589 g/mol. The molecule has 0 aliphatic carbocycles. The van der Waals surface area contributed by atoms with Crippen molar-refractivity contribution in [3.63, 3.8) is 0 Å². The van der Waals surface area contributed by atoms with Crippen molar-refractivity contribution in [1.82, 2.24) is 10.3 Å². The summed E-state index contributed by atoms with van der Waals surface area (Å²) in [7, 11) is -2.30. The van der Waals surface area contributed by atoms with E-state index >= 15 is 0 Å². The first-order valence-corrected chi connectivity index (χ1v) is 17.0. The van der Waals surface area contributed by atoms with E-state index in [-0.39, 0.29) is 23.0 Å². The number of aromatic amines is 1. The van der Waals surface area contributed by atoms with Gasteiger partial charge in [-0.25, -0.2) is 4.79 Å². The van der Waals surface area contributed by atoms with E-state index in [2.05, 4.69) is 44.2 Å². The van der Waals surface area contributed by atoms with Crippen molar-refractivity contribution in [2.24, 2.45) is 0 Å². The van der Waals surface area contributed by atoms with E-state index < -0.39 is 20.5 Å². The number of phenols is 1. The molecule has 3 aromatic carbocycles. The minimum Gasteiger partial charge on any atom is -0.508 e. The molecule has 0 radical (unpaired) electrons. The second kappa shape index (κ2) is 13.3. The number of amides is 1. The quantitative estimate of drug-likeness (QED) is 0.165. The SMILES string of the molecule is CC(C)(C)[Si](C)(C)OC(COC(=O)NCCc1ccc(O)cc1)c1ccc(OCc2ccccc2)c2[nH]c(=O)ccc12. The summed E-state index contributed by atoms with van der Waals surface area (Å²) in [5.41, 5.74) is 3.13. The molecule has 3 N–H and O–H groups in total. The molecule has 0 aliphatic rings. The number of hydrogen-bond acceptors (Lipinski definition) is 6. The highest BCUT2D eigenvalue weighted by Crippen LogP contribution is 2.41. The van der Waals surface area contributed by atoms with Crippen LogP contribution in [0.25, 0.3) is 10.9 Å². The maximum absolute atomic E-state index is 12.7. The average Bonchev–Trinajstić information content (AvgIpc) is 2.95. The summed E-state index contributed by atoms with van der Waals surface area (Å²) in [5, 5.41) is 12.9. The van der Waals surface area contributed by atoms with Crippen molar-refractivity contribution in [3.8, 4) is 11.5 Å². The van der Waals surface area contributed by atoms with E-state index in [9.17, 15) is 14.7 Å². The molecule has 1 aromatic heterocycles. The molecule has 9 heteroatoms. The van der Waals surface area contributed by atoms with Crippen LogP contribution in [0.3, 0.4) is 0 Å². The molecule has 0 fully saturated rings. The normalized spacial score (nSPS) is 12.6. The molecule has 4 rings (SSSR count). The zero-order valence-corrected chi connectivity index (χ0v) is 25.9. The number of carbonyl (C=O) groups excluding carboxylic acids is 1. The molecule has 222 valence electrons. The van der Waals surface area contributed by atoms with Crippen molar-refractivity contribution >= 4 is 25.3 Å². The number of pyridine rings is 1. The summed E-state index contributed by atoms with van der Waals surface area (Å²) in [6.07, 6.45) is -0.509. The second-order valence-electron chi connectivity index (χ2n) is 11.8. The van der Waals surface area contributed by atoms with Crippen LogP contribution < -0.4 is 15.6 Å². The van der Waals surface area contributed by atoms with Gasteiger partial charge in [-0.1, -0.05) is 69.3 Å². The fourth-order valence-electron chi connectivity index (χ4n) is 4.28. The Hall–Kier alpha value is -4.08. The summed E-state index contributed by atoms with van der Waals surface area (Å²) >= 11 is 0. The molecule has 0 spiro atoms. The van der Waals surface area contributed by atoms with E-state index in [0.29, 0.717) is 30.8 Å². The molecular weight excluding hydrogens is 548 g/mol. The summed E-state index contributed by atoms with van der Waals surface area (Å²) in [4.78, 5) is 28.0. The van der Waals surface area contributed by atoms with Gasteiger partial charge in [-0.05, 0) is 65.5 Å². The van der Waals surface area contributed by atoms with Gasteiger partial charge in [0.1, 0.15) is 30.8 Å². The Kier molecular flexibility index (Phi) is 9.75. The number of benzene rings is 3. The monoisotopic (exact) mass is 588 g/mol. The number of carbonyl (C=O) groups is 1. The highest BCUT2D eigenvalue weighted by atomic mass is 28.4. The molecule has 1 amide bonds. The van der Waals surface area contributed by atoms with Crippen molar-refractivity contribution in [2.45, 2.75) is 58.0 Å². The molecule has 0 saturated carbocycles. The van der Waals surface area contributed by atoms with Crippen LogP contribution in [0.4, 0.5) is 4.79 Å². The zero-order chi connectivity index (χ0) is 30.3. The van der Waals surface area contributed by atoms with Crippen LogP contribution in [0.5, 0.6) is 11.5 Å². The zero-order valence-electron chi connectivity index (χ0n) is 24.9. The fraction of sp³-hybridized carbons (Fsp3) is 0.333. The lowest BCUT2D eigenvalue weighted by molar-refractivity contribution is 0.0747. The highest BCUT2D eigenvalue weighted by molar-refractivity contribution is 6.74. The third-order valence-electron chi connectivity index (χ3n) is 7.70. The Balaban J connectivity index is 1.56. The van der Waals surface area contributed by atoms with Crippen LogP contribution in [0.2, 0.25) is 18.1 Å². The van der Waals surface area contributed by atoms with Crippen molar-refractivity contribution in [2.75, 3.05) is 13.2 Å². The van der Waals surface area contributed by atoms with E-state index in [1.54, 1.807) is 18.2 Å². The number of phenolic OH excluding ortho intramolecular Hbond substituents is 1. The van der Waals surface area contributed by atoms with Gasteiger partial charge in [0.15, 0.2) is 8.32 Å². The highest BCUT2D eigenvalue weighted by Gasteiger charge is 2.40. The number of ether oxygens (including phenoxy) is 2. The molecule has 1 unspecified atom stereocenters. The van der Waals surface area contributed by atoms with Gasteiger partial charge < -0.3 is 29.3 Å². The lowest BCUT2D eigenvalue weighted by Crippen LogP contribution is -2.43. The van der Waals surface area contributed by atoms with E-state index in [1.807, 2.05) is 54.6 Å². The molecule has 1 heterocycles. The Bertz CT molecular complexity index is 1550. The van der Waals surface area contributed by atoms with Gasteiger partial charge in [0.25, 0.3) is 0 Å². The standard InChI is InChI=1S/C33H40N2O6Si/c1-33(2,3)42(4,5)41-29(22-40-32(38)34-20-19-23-11-13-25(36)14-12-23)26-15-17-28(31-27(26)16-18-30(37)35-31)39-21-24-9-7-6-8-10-24/h6-18,29,36H,19-22H2,1-5H3,(H,34,38)(H,35,37). The maximum atomic E-state index is 12.7. The maximum Gasteiger partial charge on any atom is 0.407 e. The smallest absolute Gasteiger partial charge is 0.407 e. The summed E-state index contributed by atoms with van der Waals surface area (Å²) < 4.78 is 18.6. The van der Waals surface area contributed by atoms with Gasteiger partial charge in [-0.2, -0.15) is 0 Å². The van der Waals surface area contributed by atoms with Crippen LogP contribution in [-0.2, 0) is 22.2 Å². The lowest BCUT2D eigenvalue weighted by Gasteiger charge is -2.39. The lowest BCUT2D eigenvalue weighted by atomic mass is 10.0. The topological polar surface area (TPSA) is 110 Å². The molecule has 8 nitrogen and oxygen atoms in total. The summed E-state index contributed by atoms with van der Waals surface area (Å²) in [6, 6.07) is 23.7. The van der Waals surface area contributed by atoms with Gasteiger partial charge in [-0.3, -0.25) is 4.79 Å². The van der Waals surface area contributed by atoms with Crippen LogP contribution in [-0.4, -0.2) is 37.7 Å². The number of aromatic hydroxyl groups is 1. The fourth-order valence-corrected chi connectivity index (χ4v) is 5.54. The second-order valence-corrected chi connectivity index (χ2v) is 16.6. The minimum absolute atomic E-state index is 0.00397. The number of nitrogens with one attached hydrogen (secondary N) is 2. The Morgan fingerprint density at radius 3 is 2.36 bits per heavy atom. The third kappa shape index (κ3) is 8.01. The number of H-pyrrole nitrogens is 1. The first-order chi connectivity index (χ1) is 19.9. The van der Waals surface area contributed by atoms with E-state index in [4.69, 9.17) is 13.9 Å². The number of aromatic nitrogens is 1. The predicted octanol–water partition coefficient (Wildman–Crippen LogP) is 6.84. The Morgan fingerprint density at radius 2 is 1.67 bits per heavy atom. The molecule has 1 atom stereocenters. The number of fused-ring (bicyclic) bond motifs is 1. The van der Waals surface area contributed by atoms with Gasteiger partial charge in [0.2, 0.25) is 5.56 Å². The summed E-state index contributed by atoms with van der Waals surface area (Å²) in [5.74, 6) is 0.751. The first kappa shape index (κ1) is 30.9. The predicted molar refractivity (Wildman–Crippen MR) is 168 cm³/mol. The molecule has 4 aromatic rings. The molecule has 0 saturated heterocycles. The molecular formula is C33H40N2O6Si. The van der Waals surface area contributed by atoms with Gasteiger partial charge in [0, 0.05) is 18.0 Å². The minimum atomic E-state index is -2.30. The third-order valence-corrected chi connectivity index (χ3v) is 12.2. The first-order valence-electron chi connectivity index (χ1n) is 14.1. The number of hydrogen-bond donors (Lipinski definition) is 3. The largest absolute Gasteiger partial charge is 0.508 e. The number of rotatable bonds is 11. The van der Waals surface area contributed by atoms with Gasteiger partial charge >= 0.3 is 6.09 Å². The van der Waals surface area contributed by atoms with E-state index in [0.717, 1.165) is 22.1 Å². The molecule has 0 bridgehead atoms. The van der Waals surface area contributed by atoms with Crippen molar-refractivity contribution < 1.29 is 23.8 Å². The van der Waals surface area contributed by atoms with Crippen molar-refractivity contribution in [1.29, 1.82) is 0 Å². The van der Waals surface area contributed by atoms with Gasteiger partial charge in [0.05, 0.1) is 5.52 Å². The van der Waals surface area contributed by atoms with Gasteiger partial charge in [-0.15, -0.1) is 0 Å². The summed E-state index contributed by atoms with van der Waals surface area (Å²) in [6.45, 7) is 11.5. The Morgan fingerprint density at radius 1 is 0.952 bits per heavy atom.